The normalized spacial score (nSPS) is 23.7. The Morgan fingerprint density at radius 1 is 1.03 bits per heavy atom. The summed E-state index contributed by atoms with van der Waals surface area (Å²) in [7, 11) is 0. The molecule has 4 atom stereocenters. The van der Waals surface area contributed by atoms with Crippen molar-refractivity contribution in [1.29, 1.82) is 0 Å². The Morgan fingerprint density at radius 2 is 1.60 bits per heavy atom. The van der Waals surface area contributed by atoms with Gasteiger partial charge in [0.05, 0.1) is 38.9 Å². The smallest absolute Gasteiger partial charge is 0.338 e. The molecular formula is C24H20BrCl3N2O5. The van der Waals surface area contributed by atoms with E-state index in [0.717, 1.165) is 4.90 Å². The zero-order valence-corrected chi connectivity index (χ0v) is 22.2. The van der Waals surface area contributed by atoms with Gasteiger partial charge in [0.2, 0.25) is 11.8 Å². The second kappa shape index (κ2) is 10.5. The molecule has 7 nitrogen and oxygen atoms in total. The van der Waals surface area contributed by atoms with E-state index in [-0.39, 0.29) is 28.1 Å². The first kappa shape index (κ1) is 25.9. The fraction of sp³-hybridized carbons (Fsp3) is 0.333. The fourth-order valence-electron chi connectivity index (χ4n) is 4.28. The van der Waals surface area contributed by atoms with Gasteiger partial charge in [-0.2, -0.15) is 0 Å². The number of fused-ring (bicyclic) bond motifs is 1. The molecule has 2 aliphatic rings. The zero-order valence-electron chi connectivity index (χ0n) is 18.4. The number of imide groups is 1. The summed E-state index contributed by atoms with van der Waals surface area (Å²) in [6.45, 7) is 1.25. The van der Waals surface area contributed by atoms with Gasteiger partial charge >= 0.3 is 5.97 Å². The van der Waals surface area contributed by atoms with Crippen molar-refractivity contribution in [3.8, 4) is 0 Å². The summed E-state index contributed by atoms with van der Waals surface area (Å²) in [5.74, 6) is -2.86. The highest BCUT2D eigenvalue weighted by molar-refractivity contribution is 9.10. The van der Waals surface area contributed by atoms with Gasteiger partial charge in [0, 0.05) is 10.2 Å². The van der Waals surface area contributed by atoms with E-state index in [1.165, 1.54) is 24.3 Å². The molecule has 4 rings (SSSR count). The van der Waals surface area contributed by atoms with E-state index < -0.39 is 30.3 Å². The molecule has 184 valence electrons. The van der Waals surface area contributed by atoms with Crippen LogP contribution in [0.5, 0.6) is 0 Å². The molecular weight excluding hydrogens is 583 g/mol. The first-order chi connectivity index (χ1) is 16.6. The van der Waals surface area contributed by atoms with Crippen LogP contribution in [0.15, 0.2) is 40.9 Å². The molecule has 1 saturated carbocycles. The predicted octanol–water partition coefficient (Wildman–Crippen LogP) is 5.32. The molecule has 0 radical (unpaired) electrons. The van der Waals surface area contributed by atoms with E-state index in [2.05, 4.69) is 21.2 Å². The molecule has 2 fully saturated rings. The largest absolute Gasteiger partial charge is 0.452 e. The number of ether oxygens (including phenoxy) is 1. The molecule has 1 saturated heterocycles. The molecule has 11 heteroatoms. The molecule has 3 amide bonds. The van der Waals surface area contributed by atoms with Crippen LogP contribution >= 0.6 is 50.7 Å². The first-order valence-electron chi connectivity index (χ1n) is 10.8. The van der Waals surface area contributed by atoms with E-state index in [9.17, 15) is 19.2 Å². The fourth-order valence-corrected chi connectivity index (χ4v) is 5.47. The lowest BCUT2D eigenvalue weighted by atomic mass is 9.80. The van der Waals surface area contributed by atoms with Crippen LogP contribution in [0.4, 0.5) is 11.4 Å². The van der Waals surface area contributed by atoms with Crippen LogP contribution in [0.1, 0.15) is 28.8 Å². The monoisotopic (exact) mass is 600 g/mol. The van der Waals surface area contributed by atoms with Crippen LogP contribution in [0.2, 0.25) is 5.02 Å². The van der Waals surface area contributed by atoms with Crippen LogP contribution in [0, 0.1) is 18.8 Å². The Morgan fingerprint density at radius 3 is 2.17 bits per heavy atom. The van der Waals surface area contributed by atoms with Crippen molar-refractivity contribution < 1.29 is 23.9 Å². The topological polar surface area (TPSA) is 92.8 Å². The van der Waals surface area contributed by atoms with Gasteiger partial charge in [-0.3, -0.25) is 19.3 Å². The van der Waals surface area contributed by atoms with Crippen LogP contribution < -0.4 is 10.2 Å². The maximum Gasteiger partial charge on any atom is 0.338 e. The number of benzene rings is 2. The number of carbonyl (C=O) groups excluding carboxylic acids is 4. The predicted molar refractivity (Wildman–Crippen MR) is 137 cm³/mol. The SMILES string of the molecule is Cc1c(NC(=O)COC(=O)c2ccc(N3C(=O)[C@H]4C[C@@H](Cl)[C@@H](Cl)C[C@H]4C3=O)cc2)ccc(Br)c1Cl. The Balaban J connectivity index is 1.37. The second-order valence-electron chi connectivity index (χ2n) is 8.43. The van der Waals surface area contributed by atoms with Crippen molar-refractivity contribution in [2.24, 2.45) is 11.8 Å². The molecule has 1 aliphatic heterocycles. The average molecular weight is 603 g/mol. The molecule has 0 aromatic heterocycles. The van der Waals surface area contributed by atoms with Crippen molar-refractivity contribution in [1.82, 2.24) is 0 Å². The molecule has 35 heavy (non-hydrogen) atoms. The van der Waals surface area contributed by atoms with Crippen molar-refractivity contribution >= 4 is 85.8 Å². The van der Waals surface area contributed by atoms with E-state index in [1.807, 2.05) is 0 Å². The quantitative estimate of drug-likeness (QED) is 0.284. The summed E-state index contributed by atoms with van der Waals surface area (Å²) >= 11 is 21.9. The van der Waals surface area contributed by atoms with Crippen molar-refractivity contribution in [3.63, 3.8) is 0 Å². The highest BCUT2D eigenvalue weighted by Crippen LogP contribution is 2.43. The Hall–Kier alpha value is -2.13. The summed E-state index contributed by atoms with van der Waals surface area (Å²) in [6, 6.07) is 9.24. The summed E-state index contributed by atoms with van der Waals surface area (Å²) in [5, 5.41) is 2.39. The number of amides is 3. The van der Waals surface area contributed by atoms with Crippen LogP contribution in [0.25, 0.3) is 0 Å². The van der Waals surface area contributed by atoms with Gasteiger partial charge in [-0.15, -0.1) is 23.2 Å². The van der Waals surface area contributed by atoms with Crippen LogP contribution in [0.3, 0.4) is 0 Å². The number of halogens is 4. The number of carbonyl (C=O) groups is 4. The maximum absolute atomic E-state index is 12.9. The van der Waals surface area contributed by atoms with Crippen LogP contribution in [-0.4, -0.2) is 41.1 Å². The van der Waals surface area contributed by atoms with Gasteiger partial charge in [-0.1, -0.05) is 11.6 Å². The molecule has 1 aliphatic carbocycles. The molecule has 2 aromatic carbocycles. The Bertz CT molecular complexity index is 1180. The maximum atomic E-state index is 12.9. The van der Waals surface area contributed by atoms with Crippen LogP contribution in [-0.2, 0) is 19.1 Å². The third-order valence-electron chi connectivity index (χ3n) is 6.22. The lowest BCUT2D eigenvalue weighted by Gasteiger charge is -2.28. The number of alkyl halides is 2. The number of anilines is 2. The van der Waals surface area contributed by atoms with Gasteiger partial charge in [0.25, 0.3) is 5.91 Å². The summed E-state index contributed by atoms with van der Waals surface area (Å²) in [6.07, 6.45) is 0.694. The van der Waals surface area contributed by atoms with E-state index >= 15 is 0 Å². The number of nitrogens with one attached hydrogen (secondary N) is 1. The molecule has 0 spiro atoms. The van der Waals surface area contributed by atoms with Gasteiger partial charge in [-0.25, -0.2) is 4.79 Å². The summed E-state index contributed by atoms with van der Waals surface area (Å²) in [4.78, 5) is 51.5. The number of nitrogens with zero attached hydrogens (tertiary/aromatic N) is 1. The van der Waals surface area contributed by atoms with Gasteiger partial charge in [0.15, 0.2) is 6.61 Å². The van der Waals surface area contributed by atoms with Gasteiger partial charge in [0.1, 0.15) is 0 Å². The molecule has 2 aromatic rings. The highest BCUT2D eigenvalue weighted by Gasteiger charge is 2.52. The minimum atomic E-state index is -0.722. The highest BCUT2D eigenvalue weighted by atomic mass is 79.9. The number of rotatable bonds is 5. The standard InChI is InChI=1S/C24H20BrCl3N2O5/c1-11-19(7-6-16(25)21(11)28)29-20(31)10-35-24(34)12-2-4-13(5-3-12)30-22(32)14-8-17(26)18(27)9-15(14)23(30)33/h2-7,14-15,17-18H,8-10H2,1H3,(H,29,31)/t14-,15+,17+,18-. The molecule has 0 unspecified atom stereocenters. The number of hydrogen-bond donors (Lipinski definition) is 1. The molecule has 0 bridgehead atoms. The third kappa shape index (κ3) is 5.21. The summed E-state index contributed by atoms with van der Waals surface area (Å²) < 4.78 is 5.80. The number of hydrogen-bond acceptors (Lipinski definition) is 5. The third-order valence-corrected chi connectivity index (χ3v) is 8.69. The second-order valence-corrected chi connectivity index (χ2v) is 10.8. The van der Waals surface area contributed by atoms with Gasteiger partial charge in [-0.05, 0) is 77.7 Å². The number of esters is 1. The first-order valence-corrected chi connectivity index (χ1v) is 12.8. The van der Waals surface area contributed by atoms with E-state index in [1.54, 1.807) is 19.1 Å². The molecule has 1 heterocycles. The van der Waals surface area contributed by atoms with Crippen molar-refractivity contribution in [2.75, 3.05) is 16.8 Å². The van der Waals surface area contributed by atoms with Gasteiger partial charge < -0.3 is 10.1 Å². The van der Waals surface area contributed by atoms with E-state index in [0.29, 0.717) is 39.3 Å². The zero-order chi connectivity index (χ0) is 25.4. The Kier molecular flexibility index (Phi) is 7.76. The van der Waals surface area contributed by atoms with Crippen molar-refractivity contribution in [2.45, 2.75) is 30.5 Å². The van der Waals surface area contributed by atoms with Crippen molar-refractivity contribution in [3.05, 3.63) is 57.0 Å². The lowest BCUT2D eigenvalue weighted by molar-refractivity contribution is -0.122. The lowest BCUT2D eigenvalue weighted by Crippen LogP contribution is -2.34. The minimum Gasteiger partial charge on any atom is -0.452 e. The summed E-state index contributed by atoms with van der Waals surface area (Å²) in [5.41, 5.74) is 1.70. The minimum absolute atomic E-state index is 0.169. The average Bonchev–Trinajstić information content (AvgIpc) is 3.07. The Labute approximate surface area is 225 Å². The van der Waals surface area contributed by atoms with E-state index in [4.69, 9.17) is 39.5 Å². The molecule has 1 N–H and O–H groups in total.